The summed E-state index contributed by atoms with van der Waals surface area (Å²) in [6.45, 7) is 7.58. The molecule has 36 heavy (non-hydrogen) atoms. The lowest BCUT2D eigenvalue weighted by atomic mass is 10.0. The van der Waals surface area contributed by atoms with Crippen LogP contribution in [0.5, 0.6) is 0 Å². The number of nitrogens with zero attached hydrogens (tertiary/aromatic N) is 2. The van der Waals surface area contributed by atoms with Crippen molar-refractivity contribution in [2.45, 2.75) is 52.3 Å². The Hall–Kier alpha value is -4.14. The lowest BCUT2D eigenvalue weighted by molar-refractivity contribution is -0.125. The molecule has 2 N–H and O–H groups in total. The molecule has 188 valence electrons. The maximum absolute atomic E-state index is 12.7. The maximum atomic E-state index is 12.7. The maximum Gasteiger partial charge on any atom is 0.408 e. The predicted molar refractivity (Wildman–Crippen MR) is 136 cm³/mol. The number of hydrogen-bond donors (Lipinski definition) is 2. The number of rotatable bonds is 5. The third-order valence-corrected chi connectivity index (χ3v) is 5.78. The van der Waals surface area contributed by atoms with Gasteiger partial charge in [0, 0.05) is 36.7 Å². The monoisotopic (exact) mass is 490 g/mol. The van der Waals surface area contributed by atoms with Crippen LogP contribution in [0, 0.1) is 6.92 Å². The molecule has 1 unspecified atom stereocenters. The van der Waals surface area contributed by atoms with E-state index in [-0.39, 0.29) is 18.2 Å². The van der Waals surface area contributed by atoms with Crippen LogP contribution >= 0.6 is 0 Å². The second-order valence-corrected chi connectivity index (χ2v) is 9.84. The number of furan rings is 1. The summed E-state index contributed by atoms with van der Waals surface area (Å²) in [5.74, 6) is 0.630. The smallest absolute Gasteiger partial charge is 0.408 e. The highest BCUT2D eigenvalue weighted by atomic mass is 16.6. The van der Waals surface area contributed by atoms with Gasteiger partial charge in [-0.1, -0.05) is 18.2 Å². The van der Waals surface area contributed by atoms with Gasteiger partial charge in [0.05, 0.1) is 6.54 Å². The molecular weight excluding hydrogens is 460 g/mol. The number of anilines is 1. The van der Waals surface area contributed by atoms with Crippen LogP contribution in [0.4, 0.5) is 10.6 Å². The summed E-state index contributed by atoms with van der Waals surface area (Å²) in [5, 5.41) is 6.34. The third kappa shape index (κ3) is 5.73. The van der Waals surface area contributed by atoms with Gasteiger partial charge >= 0.3 is 6.09 Å². The van der Waals surface area contributed by atoms with E-state index in [2.05, 4.69) is 15.6 Å². The zero-order valence-electron chi connectivity index (χ0n) is 21.0. The molecule has 0 bridgehead atoms. The molecule has 1 atom stereocenters. The molecule has 4 rings (SSSR count). The van der Waals surface area contributed by atoms with Gasteiger partial charge < -0.3 is 24.7 Å². The van der Waals surface area contributed by atoms with Crippen LogP contribution in [0.15, 0.2) is 47.0 Å². The summed E-state index contributed by atoms with van der Waals surface area (Å²) >= 11 is 0. The van der Waals surface area contributed by atoms with E-state index in [1.165, 1.54) is 6.08 Å². The Morgan fingerprint density at radius 1 is 1.31 bits per heavy atom. The van der Waals surface area contributed by atoms with Crippen LogP contribution in [0.2, 0.25) is 0 Å². The average molecular weight is 491 g/mol. The first-order valence-electron chi connectivity index (χ1n) is 11.7. The highest BCUT2D eigenvalue weighted by Gasteiger charge is 2.30. The minimum absolute atomic E-state index is 0.189. The van der Waals surface area contributed by atoms with Gasteiger partial charge in [-0.15, -0.1) is 0 Å². The fraction of sp³-hybridized carbons (Fsp3) is 0.333. The number of carbonyl (C=O) groups excluding carboxylic acids is 3. The van der Waals surface area contributed by atoms with Crippen LogP contribution < -0.4 is 10.6 Å². The number of hydrogen-bond acceptors (Lipinski definition) is 6. The van der Waals surface area contributed by atoms with Crippen LogP contribution in [0.1, 0.15) is 43.2 Å². The molecule has 3 aromatic rings. The average Bonchev–Trinajstić information content (AvgIpc) is 3.12. The summed E-state index contributed by atoms with van der Waals surface area (Å²) in [6, 6.07) is 8.83. The molecule has 1 aliphatic heterocycles. The van der Waals surface area contributed by atoms with E-state index in [0.29, 0.717) is 17.9 Å². The quantitative estimate of drug-likeness (QED) is 0.519. The van der Waals surface area contributed by atoms with Gasteiger partial charge in [0.1, 0.15) is 28.8 Å². The SMILES string of the molecule is Cc1c(CN(C)C(=O)/C=C/c2cnc3c(c2)CC(NC(=O)OC(C)(C)C)C(=O)N3)oc2ccccc12. The van der Waals surface area contributed by atoms with Crippen molar-refractivity contribution in [1.29, 1.82) is 0 Å². The van der Waals surface area contributed by atoms with Gasteiger partial charge in [0.2, 0.25) is 11.8 Å². The number of benzene rings is 1. The topological polar surface area (TPSA) is 114 Å². The van der Waals surface area contributed by atoms with E-state index in [9.17, 15) is 14.4 Å². The highest BCUT2D eigenvalue weighted by molar-refractivity contribution is 5.99. The lowest BCUT2D eigenvalue weighted by Gasteiger charge is -2.26. The number of pyridine rings is 1. The van der Waals surface area contributed by atoms with Crippen molar-refractivity contribution < 1.29 is 23.5 Å². The molecule has 9 nitrogen and oxygen atoms in total. The molecule has 2 aromatic heterocycles. The van der Waals surface area contributed by atoms with Gasteiger partial charge in [0.15, 0.2) is 0 Å². The molecule has 1 aromatic carbocycles. The van der Waals surface area contributed by atoms with Gasteiger partial charge in [0.25, 0.3) is 0 Å². The van der Waals surface area contributed by atoms with Gasteiger partial charge in [-0.25, -0.2) is 9.78 Å². The van der Waals surface area contributed by atoms with Crippen molar-refractivity contribution in [3.05, 3.63) is 65.1 Å². The van der Waals surface area contributed by atoms with E-state index in [4.69, 9.17) is 9.15 Å². The zero-order chi connectivity index (χ0) is 26.0. The summed E-state index contributed by atoms with van der Waals surface area (Å²) < 4.78 is 11.2. The Balaban J connectivity index is 1.41. The van der Waals surface area contributed by atoms with Crippen LogP contribution in [-0.4, -0.2) is 46.5 Å². The fourth-order valence-corrected chi connectivity index (χ4v) is 3.93. The number of likely N-dealkylation sites (N-methyl/N-ethyl adjacent to an activating group) is 1. The van der Waals surface area contributed by atoms with E-state index < -0.39 is 17.7 Å². The molecule has 0 saturated carbocycles. The standard InChI is InChI=1S/C27H30N4O5/c1-16-19-8-6-7-9-21(19)35-22(16)15-31(5)23(32)11-10-17-12-18-13-20(25(33)30-24(18)28-14-17)29-26(34)36-27(2,3)4/h6-12,14,20H,13,15H2,1-5H3,(H,29,34)(H,28,30,33)/b11-10+. The van der Waals surface area contributed by atoms with E-state index >= 15 is 0 Å². The molecule has 0 fully saturated rings. The van der Waals surface area contributed by atoms with E-state index in [1.807, 2.05) is 37.3 Å². The highest BCUT2D eigenvalue weighted by Crippen LogP contribution is 2.26. The van der Waals surface area contributed by atoms with Crippen LogP contribution in [-0.2, 0) is 27.3 Å². The van der Waals surface area contributed by atoms with Crippen molar-refractivity contribution in [2.24, 2.45) is 0 Å². The Morgan fingerprint density at radius 3 is 2.78 bits per heavy atom. The molecule has 0 radical (unpaired) electrons. The van der Waals surface area contributed by atoms with Gasteiger partial charge in [-0.2, -0.15) is 0 Å². The number of nitrogens with one attached hydrogen (secondary N) is 2. The largest absolute Gasteiger partial charge is 0.459 e. The number of carbonyl (C=O) groups is 3. The number of aromatic nitrogens is 1. The number of aryl methyl sites for hydroxylation is 1. The lowest BCUT2D eigenvalue weighted by Crippen LogP contribution is -2.49. The Labute approximate surface area is 209 Å². The Bertz CT molecular complexity index is 1350. The van der Waals surface area contributed by atoms with Crippen LogP contribution in [0.3, 0.4) is 0 Å². The van der Waals surface area contributed by atoms with Gasteiger partial charge in [-0.3, -0.25) is 9.59 Å². The molecule has 9 heteroatoms. The Morgan fingerprint density at radius 2 is 2.06 bits per heavy atom. The minimum atomic E-state index is -0.784. The number of para-hydroxylation sites is 1. The number of ether oxygens (including phenoxy) is 1. The first-order chi connectivity index (χ1) is 17.0. The summed E-state index contributed by atoms with van der Waals surface area (Å²) in [4.78, 5) is 43.1. The molecule has 3 amide bonds. The number of amides is 3. The van der Waals surface area contributed by atoms with Crippen molar-refractivity contribution in [1.82, 2.24) is 15.2 Å². The van der Waals surface area contributed by atoms with Crippen molar-refractivity contribution in [2.75, 3.05) is 12.4 Å². The first-order valence-corrected chi connectivity index (χ1v) is 11.7. The van der Waals surface area contributed by atoms with Gasteiger partial charge in [-0.05, 0) is 57.0 Å². The second-order valence-electron chi connectivity index (χ2n) is 9.84. The van der Waals surface area contributed by atoms with Crippen LogP contribution in [0.25, 0.3) is 17.0 Å². The van der Waals surface area contributed by atoms with Crippen molar-refractivity contribution in [3.8, 4) is 0 Å². The second kappa shape index (κ2) is 9.85. The van der Waals surface area contributed by atoms with Crippen molar-refractivity contribution in [3.63, 3.8) is 0 Å². The number of fused-ring (bicyclic) bond motifs is 2. The molecule has 3 heterocycles. The van der Waals surface area contributed by atoms with E-state index in [0.717, 1.165) is 27.9 Å². The molecule has 0 saturated heterocycles. The summed E-state index contributed by atoms with van der Waals surface area (Å²) in [7, 11) is 1.72. The molecule has 0 aliphatic carbocycles. The predicted octanol–water partition coefficient (Wildman–Crippen LogP) is 4.20. The summed E-state index contributed by atoms with van der Waals surface area (Å²) in [5.41, 5.74) is 2.59. The first kappa shape index (κ1) is 25.0. The van der Waals surface area contributed by atoms with E-state index in [1.54, 1.807) is 45.0 Å². The molecule has 0 spiro atoms. The molecule has 1 aliphatic rings. The minimum Gasteiger partial charge on any atom is -0.459 e. The molecular formula is C27H30N4O5. The fourth-order valence-electron chi connectivity index (χ4n) is 3.93. The zero-order valence-corrected chi connectivity index (χ0v) is 21.0. The Kier molecular flexibility index (Phi) is 6.83. The third-order valence-electron chi connectivity index (χ3n) is 5.78. The van der Waals surface area contributed by atoms with Crippen molar-refractivity contribution >= 4 is 40.8 Å². The number of alkyl carbamates (subject to hydrolysis) is 1. The normalized spacial score (nSPS) is 15.5. The summed E-state index contributed by atoms with van der Waals surface area (Å²) in [6.07, 6.45) is 4.31.